The van der Waals surface area contributed by atoms with Crippen LogP contribution in [0.4, 0.5) is 10.1 Å². The van der Waals surface area contributed by atoms with Gasteiger partial charge in [-0.05, 0) is 66.6 Å². The zero-order chi connectivity index (χ0) is 25.2. The lowest BCUT2D eigenvalue weighted by Crippen LogP contribution is -2.32. The van der Waals surface area contributed by atoms with Gasteiger partial charge in [0, 0.05) is 5.69 Å². The van der Waals surface area contributed by atoms with Gasteiger partial charge in [-0.2, -0.15) is 5.26 Å². The van der Waals surface area contributed by atoms with Crippen LogP contribution in [0.1, 0.15) is 11.1 Å². The van der Waals surface area contributed by atoms with E-state index in [4.69, 9.17) is 9.47 Å². The summed E-state index contributed by atoms with van der Waals surface area (Å²) in [6.45, 7) is 1.95. The minimum Gasteiger partial charge on any atom is -0.454 e. The number of hydrogen-bond donors (Lipinski definition) is 1. The highest BCUT2D eigenvalue weighted by atomic mass is 32.1. The third-order valence-electron chi connectivity index (χ3n) is 5.55. The van der Waals surface area contributed by atoms with Gasteiger partial charge in [-0.15, -0.1) is 11.3 Å². The van der Waals surface area contributed by atoms with E-state index in [-0.39, 0.29) is 21.6 Å². The van der Waals surface area contributed by atoms with Crippen LogP contribution in [0.15, 0.2) is 71.5 Å². The summed E-state index contributed by atoms with van der Waals surface area (Å²) in [7, 11) is 0. The first-order valence-corrected chi connectivity index (χ1v) is 11.7. The maximum Gasteiger partial charge on any atom is 0.273 e. The van der Waals surface area contributed by atoms with Crippen LogP contribution in [-0.2, 0) is 4.79 Å². The number of fused-ring (bicyclic) bond motifs is 1. The Balaban J connectivity index is 1.71. The number of benzene rings is 3. The molecule has 9 heteroatoms. The van der Waals surface area contributed by atoms with Crippen LogP contribution in [-0.4, -0.2) is 17.3 Å². The Morgan fingerprint density at radius 1 is 1.11 bits per heavy atom. The van der Waals surface area contributed by atoms with E-state index in [0.717, 1.165) is 16.9 Å². The largest absolute Gasteiger partial charge is 0.454 e. The summed E-state index contributed by atoms with van der Waals surface area (Å²) in [5, 5.41) is 12.7. The molecule has 0 saturated carbocycles. The van der Waals surface area contributed by atoms with Crippen molar-refractivity contribution in [2.75, 3.05) is 12.1 Å². The van der Waals surface area contributed by atoms with Crippen LogP contribution in [0.3, 0.4) is 0 Å². The van der Waals surface area contributed by atoms with Crippen LogP contribution in [0.2, 0.25) is 0 Å². The quantitative estimate of drug-likeness (QED) is 0.466. The molecule has 0 spiro atoms. The summed E-state index contributed by atoms with van der Waals surface area (Å²) in [4.78, 5) is 26.7. The average Bonchev–Trinajstić information content (AvgIpc) is 3.46. The lowest BCUT2D eigenvalue weighted by molar-refractivity contribution is -0.111. The van der Waals surface area contributed by atoms with Gasteiger partial charge in [-0.1, -0.05) is 24.3 Å². The van der Waals surface area contributed by atoms with Crippen LogP contribution in [0, 0.1) is 24.1 Å². The number of ether oxygens (including phenoxy) is 2. The number of anilines is 1. The second-order valence-electron chi connectivity index (χ2n) is 7.90. The van der Waals surface area contributed by atoms with E-state index in [1.54, 1.807) is 36.4 Å². The smallest absolute Gasteiger partial charge is 0.273 e. The van der Waals surface area contributed by atoms with E-state index in [2.05, 4.69) is 5.32 Å². The minimum atomic E-state index is -0.654. The van der Waals surface area contributed by atoms with Gasteiger partial charge in [0.2, 0.25) is 6.79 Å². The summed E-state index contributed by atoms with van der Waals surface area (Å²) in [6.07, 6.45) is 1.65. The van der Waals surface area contributed by atoms with Crippen LogP contribution >= 0.6 is 11.3 Å². The summed E-state index contributed by atoms with van der Waals surface area (Å²) in [6, 6.07) is 19.6. The fourth-order valence-corrected chi connectivity index (χ4v) is 4.82. The normalized spacial score (nSPS) is 13.3. The molecule has 0 saturated heterocycles. The van der Waals surface area contributed by atoms with Gasteiger partial charge in [0.25, 0.3) is 11.5 Å². The fourth-order valence-electron chi connectivity index (χ4n) is 3.72. The molecule has 0 aliphatic carbocycles. The lowest BCUT2D eigenvalue weighted by atomic mass is 10.2. The number of nitrogens with zero attached hydrogens (tertiary/aromatic N) is 2. The maximum absolute atomic E-state index is 13.6. The number of halogens is 1. The number of nitriles is 1. The highest BCUT2D eigenvalue weighted by Gasteiger charge is 2.18. The Labute approximate surface area is 208 Å². The third kappa shape index (κ3) is 4.37. The van der Waals surface area contributed by atoms with E-state index >= 15 is 0 Å². The lowest BCUT2D eigenvalue weighted by Gasteiger charge is -2.08. The van der Waals surface area contributed by atoms with Crippen LogP contribution < -0.4 is 29.5 Å². The molecule has 3 aromatic carbocycles. The predicted molar refractivity (Wildman–Crippen MR) is 134 cm³/mol. The maximum atomic E-state index is 13.6. The third-order valence-corrected chi connectivity index (χ3v) is 6.64. The Hall–Kier alpha value is -4.68. The summed E-state index contributed by atoms with van der Waals surface area (Å²) in [5.41, 5.74) is 1.69. The molecule has 1 N–H and O–H groups in total. The standard InChI is InChI=1S/C27H18FN3O4S/c1-16-4-2-3-5-21(16)30-25(32)20(14-29)27-31(19-9-7-18(28)8-10-19)26(33)24(36-27)13-17-6-11-22-23(12-17)35-15-34-22/h2-13H,15H2,1H3,(H,30,32)/b24-13-,27-20-. The van der Waals surface area contributed by atoms with Gasteiger partial charge in [0.05, 0.1) is 10.2 Å². The zero-order valence-electron chi connectivity index (χ0n) is 18.9. The zero-order valence-corrected chi connectivity index (χ0v) is 19.8. The summed E-state index contributed by atoms with van der Waals surface area (Å²) < 4.78 is 26.0. The molecule has 7 nitrogen and oxygen atoms in total. The van der Waals surface area contributed by atoms with Crippen molar-refractivity contribution in [3.8, 4) is 23.3 Å². The average molecular weight is 500 g/mol. The van der Waals surface area contributed by atoms with E-state index < -0.39 is 17.3 Å². The van der Waals surface area contributed by atoms with E-state index in [1.165, 1.54) is 28.8 Å². The first-order valence-electron chi connectivity index (χ1n) is 10.8. The van der Waals surface area contributed by atoms with E-state index in [0.29, 0.717) is 28.4 Å². The number of carbonyl (C=O) groups excluding carboxylic acids is 1. The molecule has 178 valence electrons. The molecular weight excluding hydrogens is 481 g/mol. The van der Waals surface area contributed by atoms with Crippen molar-refractivity contribution in [3.05, 3.63) is 103 Å². The molecule has 1 aliphatic heterocycles. The number of amides is 1. The second-order valence-corrected chi connectivity index (χ2v) is 8.93. The molecular formula is C27H18FN3O4S. The molecule has 1 aromatic heterocycles. The molecule has 4 aromatic rings. The van der Waals surface area contributed by atoms with Crippen molar-refractivity contribution in [3.63, 3.8) is 0 Å². The van der Waals surface area contributed by atoms with Crippen molar-refractivity contribution >= 4 is 34.6 Å². The number of hydrogen-bond acceptors (Lipinski definition) is 6. The van der Waals surface area contributed by atoms with E-state index in [1.807, 2.05) is 25.1 Å². The van der Waals surface area contributed by atoms with Gasteiger partial charge in [0.15, 0.2) is 17.1 Å². The number of aryl methyl sites for hydroxylation is 1. The first kappa shape index (κ1) is 23.1. The number of thiazole rings is 1. The molecule has 0 atom stereocenters. The predicted octanol–water partition coefficient (Wildman–Crippen LogP) is 3.22. The molecule has 0 unspecified atom stereocenters. The van der Waals surface area contributed by atoms with Crippen molar-refractivity contribution in [2.45, 2.75) is 6.92 Å². The van der Waals surface area contributed by atoms with E-state index in [9.17, 15) is 19.2 Å². The molecule has 0 radical (unpaired) electrons. The molecule has 2 heterocycles. The Morgan fingerprint density at radius 2 is 1.86 bits per heavy atom. The second kappa shape index (κ2) is 9.52. The minimum absolute atomic E-state index is 0.121. The van der Waals surface area contributed by atoms with Crippen LogP contribution in [0.5, 0.6) is 11.5 Å². The first-order chi connectivity index (χ1) is 17.4. The fraction of sp³-hybridized carbons (Fsp3) is 0.0741. The van der Waals surface area contributed by atoms with Gasteiger partial charge in [0.1, 0.15) is 16.5 Å². The van der Waals surface area contributed by atoms with Gasteiger partial charge < -0.3 is 14.8 Å². The SMILES string of the molecule is Cc1ccccc1NC(=O)/C(C#N)=c1\s/c(=C\c2ccc3c(c2)OCO3)c(=O)n1-c1ccc(F)cc1. The van der Waals surface area contributed by atoms with Gasteiger partial charge in [-0.3, -0.25) is 14.2 Å². The molecule has 1 aliphatic rings. The number of nitrogens with one attached hydrogen (secondary N) is 1. The number of rotatable bonds is 4. The van der Waals surface area contributed by atoms with Gasteiger partial charge >= 0.3 is 0 Å². The Bertz CT molecular complexity index is 1720. The topological polar surface area (TPSA) is 93.4 Å². The number of aromatic nitrogens is 1. The monoisotopic (exact) mass is 499 g/mol. The van der Waals surface area contributed by atoms with Crippen molar-refractivity contribution in [2.24, 2.45) is 0 Å². The Kier molecular flexibility index (Phi) is 6.10. The van der Waals surface area contributed by atoms with Crippen molar-refractivity contribution < 1.29 is 18.7 Å². The van der Waals surface area contributed by atoms with Crippen molar-refractivity contribution in [1.29, 1.82) is 5.26 Å². The van der Waals surface area contributed by atoms with Gasteiger partial charge in [-0.25, -0.2) is 4.39 Å². The molecule has 0 fully saturated rings. The highest BCUT2D eigenvalue weighted by molar-refractivity contribution is 7.07. The summed E-state index contributed by atoms with van der Waals surface area (Å²) >= 11 is 0.998. The number of para-hydroxylation sites is 1. The Morgan fingerprint density at radius 3 is 2.61 bits per heavy atom. The molecule has 36 heavy (non-hydrogen) atoms. The highest BCUT2D eigenvalue weighted by Crippen LogP contribution is 2.32. The molecule has 1 amide bonds. The van der Waals surface area contributed by atoms with Crippen molar-refractivity contribution in [1.82, 2.24) is 4.57 Å². The molecule has 0 bridgehead atoms. The molecule has 5 rings (SSSR count). The summed E-state index contributed by atoms with van der Waals surface area (Å²) in [5.74, 6) is 0.0352. The number of carbonyl (C=O) groups is 1. The van der Waals surface area contributed by atoms with Crippen LogP contribution in [0.25, 0.3) is 17.3 Å².